The summed E-state index contributed by atoms with van der Waals surface area (Å²) in [4.78, 5) is 50.5. The molecule has 0 saturated heterocycles. The van der Waals surface area contributed by atoms with Crippen LogP contribution in [-0.2, 0) is 23.9 Å². The molecule has 0 aromatic heterocycles. The van der Waals surface area contributed by atoms with Gasteiger partial charge in [0.25, 0.3) is 0 Å². The Balaban J connectivity index is 2.62. The third-order valence-corrected chi connectivity index (χ3v) is 4.61. The Morgan fingerprint density at radius 1 is 0.970 bits per heavy atom. The monoisotopic (exact) mass is 493 g/mol. The van der Waals surface area contributed by atoms with E-state index in [9.17, 15) is 19.2 Å². The highest BCUT2D eigenvalue weighted by atomic mass is 35.5. The van der Waals surface area contributed by atoms with Crippen molar-refractivity contribution < 1.29 is 28.7 Å². The SMILES string of the molecule is CCOC(=O)C(N=Nc1ccc(Cl)cc1C(=O)c1ccccc1)(NC(=O)CCl)C(=O)OCC. The van der Waals surface area contributed by atoms with E-state index in [1.54, 1.807) is 30.3 Å². The maximum Gasteiger partial charge on any atom is 0.369 e. The standard InChI is InChI=1S/C22H21Cl2N3O6/c1-3-32-20(30)22(21(31)33-4-2,25-18(28)13-23)27-26-17-11-10-15(24)12-16(17)19(29)14-8-6-5-7-9-14/h5-12H,3-4,13H2,1-2H3,(H,25,28). The lowest BCUT2D eigenvalue weighted by Gasteiger charge is -2.24. The summed E-state index contributed by atoms with van der Waals surface area (Å²) in [6.45, 7) is 2.77. The number of hydrogen-bond donors (Lipinski definition) is 1. The van der Waals surface area contributed by atoms with E-state index in [1.807, 2.05) is 0 Å². The summed E-state index contributed by atoms with van der Waals surface area (Å²) in [5.74, 6) is -4.34. The minimum absolute atomic E-state index is 0.00801. The fourth-order valence-corrected chi connectivity index (χ4v) is 2.89. The second-order valence-electron chi connectivity index (χ2n) is 6.39. The number of alkyl halides is 1. The van der Waals surface area contributed by atoms with E-state index in [0.29, 0.717) is 5.56 Å². The molecule has 0 radical (unpaired) electrons. The summed E-state index contributed by atoms with van der Waals surface area (Å²) in [6, 6.07) is 12.5. The lowest BCUT2D eigenvalue weighted by atomic mass is 10.0. The van der Waals surface area contributed by atoms with Gasteiger partial charge < -0.3 is 14.8 Å². The van der Waals surface area contributed by atoms with Crippen molar-refractivity contribution in [3.8, 4) is 0 Å². The topological polar surface area (TPSA) is 123 Å². The van der Waals surface area contributed by atoms with Crippen molar-refractivity contribution in [3.05, 3.63) is 64.7 Å². The Kier molecular flexibility index (Phi) is 9.50. The molecular weight excluding hydrogens is 473 g/mol. The first-order valence-electron chi connectivity index (χ1n) is 9.82. The fourth-order valence-electron chi connectivity index (χ4n) is 2.65. The van der Waals surface area contributed by atoms with E-state index in [4.69, 9.17) is 32.7 Å². The summed E-state index contributed by atoms with van der Waals surface area (Å²) < 4.78 is 9.87. The highest BCUT2D eigenvalue weighted by Gasteiger charge is 2.52. The molecule has 0 atom stereocenters. The van der Waals surface area contributed by atoms with E-state index in [-0.39, 0.29) is 29.5 Å². The molecule has 33 heavy (non-hydrogen) atoms. The van der Waals surface area contributed by atoms with E-state index in [1.165, 1.54) is 32.0 Å². The first-order chi connectivity index (χ1) is 15.8. The zero-order valence-electron chi connectivity index (χ0n) is 17.8. The van der Waals surface area contributed by atoms with Crippen LogP contribution in [0.4, 0.5) is 5.69 Å². The molecule has 2 aromatic carbocycles. The average Bonchev–Trinajstić information content (AvgIpc) is 2.82. The Labute approximate surface area is 200 Å². The van der Waals surface area contributed by atoms with Gasteiger partial charge in [0, 0.05) is 10.6 Å². The highest BCUT2D eigenvalue weighted by Crippen LogP contribution is 2.28. The second kappa shape index (κ2) is 12.1. The summed E-state index contributed by atoms with van der Waals surface area (Å²) in [5.41, 5.74) is -2.26. The van der Waals surface area contributed by atoms with Gasteiger partial charge in [0.05, 0.1) is 24.5 Å². The van der Waals surface area contributed by atoms with Crippen molar-refractivity contribution in [1.29, 1.82) is 0 Å². The van der Waals surface area contributed by atoms with E-state index < -0.39 is 35.2 Å². The average molecular weight is 494 g/mol. The molecule has 9 nitrogen and oxygen atoms in total. The van der Waals surface area contributed by atoms with Gasteiger partial charge >= 0.3 is 17.6 Å². The number of carbonyl (C=O) groups is 4. The Morgan fingerprint density at radius 3 is 2.12 bits per heavy atom. The van der Waals surface area contributed by atoms with Gasteiger partial charge in [0.2, 0.25) is 5.91 Å². The normalized spacial score (nSPS) is 11.2. The van der Waals surface area contributed by atoms with Gasteiger partial charge in [0.15, 0.2) is 5.78 Å². The number of amides is 1. The van der Waals surface area contributed by atoms with Crippen LogP contribution in [0.1, 0.15) is 29.8 Å². The molecule has 0 aliphatic carbocycles. The number of rotatable bonds is 10. The minimum Gasteiger partial charge on any atom is -0.462 e. The highest BCUT2D eigenvalue weighted by molar-refractivity contribution is 6.31. The lowest BCUT2D eigenvalue weighted by Crippen LogP contribution is -2.60. The van der Waals surface area contributed by atoms with Gasteiger partial charge in [-0.05, 0) is 32.0 Å². The van der Waals surface area contributed by atoms with Crippen molar-refractivity contribution >= 4 is 52.5 Å². The molecule has 11 heteroatoms. The first kappa shape index (κ1) is 26.0. The lowest BCUT2D eigenvalue weighted by molar-refractivity contribution is -0.167. The molecule has 1 amide bonds. The predicted octanol–water partition coefficient (Wildman–Crippen LogP) is 3.83. The summed E-state index contributed by atoms with van der Waals surface area (Å²) in [6.07, 6.45) is 0. The number of azo groups is 1. The van der Waals surface area contributed by atoms with Gasteiger partial charge in [-0.3, -0.25) is 9.59 Å². The maximum atomic E-state index is 13.0. The van der Waals surface area contributed by atoms with Gasteiger partial charge in [0.1, 0.15) is 5.88 Å². The van der Waals surface area contributed by atoms with Gasteiger partial charge in [-0.2, -0.15) is 5.11 Å². The number of nitrogens with zero attached hydrogens (tertiary/aromatic N) is 2. The van der Waals surface area contributed by atoms with Crippen LogP contribution in [0, 0.1) is 0 Å². The van der Waals surface area contributed by atoms with Crippen LogP contribution in [0.2, 0.25) is 5.02 Å². The fraction of sp³-hybridized carbons (Fsp3) is 0.273. The van der Waals surface area contributed by atoms with Gasteiger partial charge in [-0.15, -0.1) is 16.7 Å². The molecule has 0 aliphatic rings. The van der Waals surface area contributed by atoms with E-state index >= 15 is 0 Å². The molecule has 0 aliphatic heterocycles. The van der Waals surface area contributed by atoms with Crippen LogP contribution < -0.4 is 5.32 Å². The number of esters is 2. The molecule has 2 aromatic rings. The molecule has 1 N–H and O–H groups in total. The smallest absolute Gasteiger partial charge is 0.369 e. The first-order valence-corrected chi connectivity index (χ1v) is 10.7. The quantitative estimate of drug-likeness (QED) is 0.176. The third kappa shape index (κ3) is 6.36. The van der Waals surface area contributed by atoms with Crippen LogP contribution >= 0.6 is 23.2 Å². The van der Waals surface area contributed by atoms with Gasteiger partial charge in [-0.25, -0.2) is 9.59 Å². The Bertz CT molecular complexity index is 1040. The van der Waals surface area contributed by atoms with Crippen LogP contribution in [-0.4, -0.2) is 48.4 Å². The number of ether oxygens (including phenoxy) is 2. The summed E-state index contributed by atoms with van der Waals surface area (Å²) >= 11 is 11.6. The Hall–Kier alpha value is -3.30. The predicted molar refractivity (Wildman–Crippen MR) is 121 cm³/mol. The number of carbonyl (C=O) groups excluding carboxylic acids is 4. The molecule has 0 fully saturated rings. The maximum absolute atomic E-state index is 13.0. The number of nitrogens with one attached hydrogen (secondary N) is 1. The zero-order valence-corrected chi connectivity index (χ0v) is 19.4. The van der Waals surface area contributed by atoms with Crippen molar-refractivity contribution in [2.24, 2.45) is 10.2 Å². The minimum atomic E-state index is -2.66. The molecule has 0 saturated carbocycles. The van der Waals surface area contributed by atoms with Crippen molar-refractivity contribution in [1.82, 2.24) is 5.32 Å². The number of benzene rings is 2. The third-order valence-electron chi connectivity index (χ3n) is 4.13. The Morgan fingerprint density at radius 2 is 1.58 bits per heavy atom. The molecular formula is C22H21Cl2N3O6. The van der Waals surface area contributed by atoms with E-state index in [2.05, 4.69) is 15.5 Å². The zero-order chi connectivity index (χ0) is 24.4. The van der Waals surface area contributed by atoms with Crippen molar-refractivity contribution in [3.63, 3.8) is 0 Å². The largest absolute Gasteiger partial charge is 0.462 e. The molecule has 0 spiro atoms. The van der Waals surface area contributed by atoms with Crippen LogP contribution in [0.25, 0.3) is 0 Å². The van der Waals surface area contributed by atoms with E-state index in [0.717, 1.165) is 0 Å². The molecule has 2 rings (SSSR count). The number of hydrogen-bond acceptors (Lipinski definition) is 8. The summed E-state index contributed by atoms with van der Waals surface area (Å²) in [7, 11) is 0. The second-order valence-corrected chi connectivity index (χ2v) is 7.09. The van der Waals surface area contributed by atoms with Crippen molar-refractivity contribution in [2.75, 3.05) is 19.1 Å². The van der Waals surface area contributed by atoms with Crippen LogP contribution in [0.15, 0.2) is 58.8 Å². The molecule has 0 heterocycles. The van der Waals surface area contributed by atoms with Crippen LogP contribution in [0.5, 0.6) is 0 Å². The van der Waals surface area contributed by atoms with Crippen LogP contribution in [0.3, 0.4) is 0 Å². The molecule has 174 valence electrons. The molecule has 0 unspecified atom stereocenters. The number of ketones is 1. The van der Waals surface area contributed by atoms with Gasteiger partial charge in [-0.1, -0.05) is 41.9 Å². The van der Waals surface area contributed by atoms with Crippen molar-refractivity contribution in [2.45, 2.75) is 19.5 Å². The molecule has 0 bridgehead atoms. The summed E-state index contributed by atoms with van der Waals surface area (Å²) in [5, 5.41) is 10.1. The number of halogens is 2.